The Kier molecular flexibility index (Phi) is 3.83. The van der Waals surface area contributed by atoms with Gasteiger partial charge in [0, 0.05) is 13.2 Å². The molecule has 1 heterocycles. The van der Waals surface area contributed by atoms with E-state index in [4.69, 9.17) is 12.2 Å². The molecule has 1 aromatic carbocycles. The molecule has 0 aliphatic carbocycles. The van der Waals surface area contributed by atoms with Crippen LogP contribution in [0.5, 0.6) is 0 Å². The van der Waals surface area contributed by atoms with Crippen LogP contribution in [0.1, 0.15) is 17.2 Å². The van der Waals surface area contributed by atoms with E-state index >= 15 is 0 Å². The van der Waals surface area contributed by atoms with Crippen molar-refractivity contribution in [3.8, 4) is 0 Å². The maximum Gasteiger partial charge on any atom is 0.0887 e. The summed E-state index contributed by atoms with van der Waals surface area (Å²) in [6.45, 7) is 0. The van der Waals surface area contributed by atoms with Crippen molar-refractivity contribution in [3.63, 3.8) is 0 Å². The van der Waals surface area contributed by atoms with E-state index in [2.05, 4.69) is 22.4 Å². The van der Waals surface area contributed by atoms with Crippen molar-refractivity contribution >= 4 is 17.2 Å². The molecule has 0 radical (unpaired) electrons. The van der Waals surface area contributed by atoms with E-state index in [1.807, 2.05) is 43.4 Å². The fourth-order valence-electron chi connectivity index (χ4n) is 1.79. The number of hydrogen-bond donors (Lipinski definition) is 1. The van der Waals surface area contributed by atoms with Crippen LogP contribution in [0.3, 0.4) is 0 Å². The normalized spacial score (nSPS) is 11.8. The van der Waals surface area contributed by atoms with E-state index in [1.165, 1.54) is 0 Å². The van der Waals surface area contributed by atoms with Crippen LogP contribution in [0.15, 0.2) is 54.7 Å². The minimum atomic E-state index is 0.0254. The minimum absolute atomic E-state index is 0.0254. The number of benzene rings is 1. The highest BCUT2D eigenvalue weighted by atomic mass is 32.1. The van der Waals surface area contributed by atoms with Crippen molar-refractivity contribution in [1.29, 1.82) is 0 Å². The van der Waals surface area contributed by atoms with Gasteiger partial charge in [0.2, 0.25) is 0 Å². The number of rotatable bonds is 3. The van der Waals surface area contributed by atoms with Gasteiger partial charge in [0.05, 0.1) is 16.6 Å². The van der Waals surface area contributed by atoms with Crippen LogP contribution >= 0.6 is 12.2 Å². The molecule has 0 bridgehead atoms. The highest BCUT2D eigenvalue weighted by Gasteiger charge is 2.18. The molecular formula is C14H14N2S. The molecule has 1 atom stereocenters. The predicted octanol–water partition coefficient (Wildman–Crippen LogP) is 2.76. The van der Waals surface area contributed by atoms with Crippen molar-refractivity contribution < 1.29 is 0 Å². The Hall–Kier alpha value is -1.74. The van der Waals surface area contributed by atoms with Crippen LogP contribution in [0.4, 0.5) is 0 Å². The monoisotopic (exact) mass is 242 g/mol. The Morgan fingerprint density at radius 2 is 1.82 bits per heavy atom. The molecule has 1 aromatic heterocycles. The Labute approximate surface area is 107 Å². The molecular weight excluding hydrogens is 228 g/mol. The summed E-state index contributed by atoms with van der Waals surface area (Å²) in [5, 5.41) is 3.05. The van der Waals surface area contributed by atoms with E-state index in [1.54, 1.807) is 6.20 Å². The fraction of sp³-hybridized carbons (Fsp3) is 0.143. The molecule has 2 nitrogen and oxygen atoms in total. The van der Waals surface area contributed by atoms with Gasteiger partial charge in [0.25, 0.3) is 0 Å². The first-order valence-corrected chi connectivity index (χ1v) is 5.91. The van der Waals surface area contributed by atoms with Gasteiger partial charge in [0.1, 0.15) is 0 Å². The summed E-state index contributed by atoms with van der Waals surface area (Å²) in [5.74, 6) is 0.0254. The second-order valence-corrected chi connectivity index (χ2v) is 4.15. The van der Waals surface area contributed by atoms with Gasteiger partial charge < -0.3 is 5.32 Å². The average molecular weight is 242 g/mol. The summed E-state index contributed by atoms with van der Waals surface area (Å²) < 4.78 is 0. The molecule has 0 aliphatic rings. The number of aromatic nitrogens is 1. The SMILES string of the molecule is CNC(=S)C(c1ccccc1)c1ccccn1. The van der Waals surface area contributed by atoms with Crippen molar-refractivity contribution in [2.45, 2.75) is 5.92 Å². The van der Waals surface area contributed by atoms with Crippen LogP contribution in [0.2, 0.25) is 0 Å². The first kappa shape index (κ1) is 11.7. The van der Waals surface area contributed by atoms with Gasteiger partial charge in [-0.1, -0.05) is 48.6 Å². The topological polar surface area (TPSA) is 24.9 Å². The zero-order valence-corrected chi connectivity index (χ0v) is 10.4. The smallest absolute Gasteiger partial charge is 0.0887 e. The third-order valence-corrected chi connectivity index (χ3v) is 3.06. The summed E-state index contributed by atoms with van der Waals surface area (Å²) >= 11 is 5.39. The molecule has 0 saturated heterocycles. The molecule has 0 saturated carbocycles. The van der Waals surface area contributed by atoms with Crippen molar-refractivity contribution in [2.75, 3.05) is 7.05 Å². The highest BCUT2D eigenvalue weighted by molar-refractivity contribution is 7.80. The van der Waals surface area contributed by atoms with Crippen molar-refractivity contribution in [1.82, 2.24) is 10.3 Å². The third kappa shape index (κ3) is 2.68. The third-order valence-electron chi connectivity index (χ3n) is 2.63. The number of likely N-dealkylation sites (N-methyl/N-ethyl adjacent to an activating group) is 1. The lowest BCUT2D eigenvalue weighted by molar-refractivity contribution is 0.963. The largest absolute Gasteiger partial charge is 0.382 e. The first-order valence-electron chi connectivity index (χ1n) is 5.50. The second kappa shape index (κ2) is 5.55. The number of nitrogens with zero attached hydrogens (tertiary/aromatic N) is 1. The molecule has 3 heteroatoms. The van der Waals surface area contributed by atoms with Gasteiger partial charge >= 0.3 is 0 Å². The quantitative estimate of drug-likeness (QED) is 0.838. The van der Waals surface area contributed by atoms with E-state index in [9.17, 15) is 0 Å². The van der Waals surface area contributed by atoms with Crippen LogP contribution in [-0.4, -0.2) is 17.0 Å². The maximum absolute atomic E-state index is 5.39. The summed E-state index contributed by atoms with van der Waals surface area (Å²) in [6, 6.07) is 16.1. The lowest BCUT2D eigenvalue weighted by atomic mass is 9.95. The molecule has 0 amide bonds. The van der Waals surface area contributed by atoms with E-state index in [0.717, 1.165) is 16.2 Å². The van der Waals surface area contributed by atoms with E-state index in [0.29, 0.717) is 0 Å². The second-order valence-electron chi connectivity index (χ2n) is 3.71. The molecule has 0 spiro atoms. The van der Waals surface area contributed by atoms with Gasteiger partial charge in [-0.3, -0.25) is 4.98 Å². The summed E-state index contributed by atoms with van der Waals surface area (Å²) in [7, 11) is 1.85. The Morgan fingerprint density at radius 1 is 1.12 bits per heavy atom. The fourth-order valence-corrected chi connectivity index (χ4v) is 2.05. The number of hydrogen-bond acceptors (Lipinski definition) is 2. The average Bonchev–Trinajstić information content (AvgIpc) is 2.41. The lowest BCUT2D eigenvalue weighted by Gasteiger charge is -2.17. The van der Waals surface area contributed by atoms with Crippen LogP contribution in [-0.2, 0) is 0 Å². The Bertz CT molecular complexity index is 443. The number of thiocarbonyl (C=S) groups is 1. The Morgan fingerprint density at radius 3 is 2.41 bits per heavy atom. The van der Waals surface area contributed by atoms with Gasteiger partial charge in [-0.15, -0.1) is 0 Å². The summed E-state index contributed by atoms with van der Waals surface area (Å²) in [5.41, 5.74) is 2.13. The molecule has 17 heavy (non-hydrogen) atoms. The number of nitrogens with one attached hydrogen (secondary N) is 1. The molecule has 2 rings (SSSR count). The van der Waals surface area contributed by atoms with Crippen LogP contribution in [0, 0.1) is 0 Å². The Balaban J connectivity index is 2.43. The maximum atomic E-state index is 5.39. The van der Waals surface area contributed by atoms with Gasteiger partial charge in [-0.25, -0.2) is 0 Å². The molecule has 86 valence electrons. The molecule has 0 fully saturated rings. The molecule has 0 aliphatic heterocycles. The summed E-state index contributed by atoms with van der Waals surface area (Å²) in [6.07, 6.45) is 1.80. The number of pyridine rings is 1. The summed E-state index contributed by atoms with van der Waals surface area (Å²) in [4.78, 5) is 5.18. The lowest BCUT2D eigenvalue weighted by Crippen LogP contribution is -2.25. The molecule has 1 N–H and O–H groups in total. The van der Waals surface area contributed by atoms with E-state index < -0.39 is 0 Å². The van der Waals surface area contributed by atoms with Crippen molar-refractivity contribution in [2.24, 2.45) is 0 Å². The molecule has 2 aromatic rings. The predicted molar refractivity (Wildman–Crippen MR) is 74.2 cm³/mol. The van der Waals surface area contributed by atoms with E-state index in [-0.39, 0.29) is 5.92 Å². The van der Waals surface area contributed by atoms with Crippen molar-refractivity contribution in [3.05, 3.63) is 66.0 Å². The highest BCUT2D eigenvalue weighted by Crippen LogP contribution is 2.23. The molecule has 1 unspecified atom stereocenters. The van der Waals surface area contributed by atoms with Gasteiger partial charge in [0.15, 0.2) is 0 Å². The van der Waals surface area contributed by atoms with Gasteiger partial charge in [-0.05, 0) is 17.7 Å². The first-order chi connectivity index (χ1) is 8.33. The standard InChI is InChI=1S/C14H14N2S/c1-15-14(17)13(11-7-3-2-4-8-11)12-9-5-6-10-16-12/h2-10,13H,1H3,(H,15,17). The minimum Gasteiger partial charge on any atom is -0.382 e. The van der Waals surface area contributed by atoms with Crippen LogP contribution in [0.25, 0.3) is 0 Å². The zero-order valence-electron chi connectivity index (χ0n) is 9.63. The zero-order chi connectivity index (χ0) is 12.1. The van der Waals surface area contributed by atoms with Gasteiger partial charge in [-0.2, -0.15) is 0 Å². The van der Waals surface area contributed by atoms with Crippen LogP contribution < -0.4 is 5.32 Å².